The van der Waals surface area contributed by atoms with Crippen LogP contribution in [0.2, 0.25) is 0 Å². The first-order valence-electron chi connectivity index (χ1n) is 8.91. The Kier molecular flexibility index (Phi) is 4.87. The summed E-state index contributed by atoms with van der Waals surface area (Å²) < 4.78 is 6.94. The van der Waals surface area contributed by atoms with E-state index in [0.717, 1.165) is 16.8 Å². The predicted octanol–water partition coefficient (Wildman–Crippen LogP) is 3.57. The molecule has 0 saturated heterocycles. The van der Waals surface area contributed by atoms with Gasteiger partial charge < -0.3 is 9.84 Å². The molecule has 27 heavy (non-hydrogen) atoms. The first-order valence-corrected chi connectivity index (χ1v) is 8.91. The van der Waals surface area contributed by atoms with Crippen LogP contribution in [-0.2, 0) is 12.5 Å². The van der Waals surface area contributed by atoms with Gasteiger partial charge in [-0.15, -0.1) is 0 Å². The van der Waals surface area contributed by atoms with Crippen LogP contribution in [0.4, 0.5) is 0 Å². The van der Waals surface area contributed by atoms with Gasteiger partial charge in [-0.05, 0) is 26.0 Å². The summed E-state index contributed by atoms with van der Waals surface area (Å²) in [6.07, 6.45) is 0. The summed E-state index contributed by atoms with van der Waals surface area (Å²) in [6, 6.07) is 9.26. The van der Waals surface area contributed by atoms with Crippen molar-refractivity contribution in [2.45, 2.75) is 46.1 Å². The Balaban J connectivity index is 1.75. The molecule has 7 nitrogen and oxygen atoms in total. The minimum atomic E-state index is -0.420. The van der Waals surface area contributed by atoms with Crippen molar-refractivity contribution in [2.24, 2.45) is 7.05 Å². The Morgan fingerprint density at radius 1 is 1.26 bits per heavy atom. The molecule has 3 aromatic rings. The minimum Gasteiger partial charge on any atom is -0.339 e. The Hall–Kier alpha value is -2.96. The van der Waals surface area contributed by atoms with Crippen LogP contribution in [0.15, 0.2) is 34.9 Å². The van der Waals surface area contributed by atoms with Gasteiger partial charge in [0.2, 0.25) is 11.7 Å². The Morgan fingerprint density at radius 2 is 2.00 bits per heavy atom. The van der Waals surface area contributed by atoms with Crippen LogP contribution in [0.5, 0.6) is 0 Å². The fourth-order valence-corrected chi connectivity index (χ4v) is 2.69. The highest BCUT2D eigenvalue weighted by Gasteiger charge is 2.24. The molecular formula is C20H25N5O2. The number of rotatable bonds is 4. The number of aromatic nitrogens is 4. The molecule has 0 radical (unpaired) electrons. The van der Waals surface area contributed by atoms with Crippen LogP contribution in [0.3, 0.4) is 0 Å². The summed E-state index contributed by atoms with van der Waals surface area (Å²) in [5.41, 5.74) is 3.22. The highest BCUT2D eigenvalue weighted by Crippen LogP contribution is 2.22. The van der Waals surface area contributed by atoms with Gasteiger partial charge in [-0.3, -0.25) is 9.48 Å². The summed E-state index contributed by atoms with van der Waals surface area (Å²) in [5, 5.41) is 11.4. The number of nitrogens with one attached hydrogen (secondary N) is 1. The van der Waals surface area contributed by atoms with E-state index in [2.05, 4.69) is 41.3 Å². The topological polar surface area (TPSA) is 85.8 Å². The first-order chi connectivity index (χ1) is 12.6. The number of carbonyl (C=O) groups excluding carboxylic acids is 1. The van der Waals surface area contributed by atoms with Gasteiger partial charge in [0, 0.05) is 18.0 Å². The van der Waals surface area contributed by atoms with E-state index in [9.17, 15) is 4.79 Å². The second-order valence-electron chi connectivity index (χ2n) is 7.81. The van der Waals surface area contributed by atoms with Crippen LogP contribution < -0.4 is 5.32 Å². The van der Waals surface area contributed by atoms with Crippen LogP contribution in [0, 0.1) is 6.92 Å². The molecule has 0 saturated carbocycles. The molecule has 1 amide bonds. The number of hydrogen-bond acceptors (Lipinski definition) is 5. The van der Waals surface area contributed by atoms with E-state index >= 15 is 0 Å². The van der Waals surface area contributed by atoms with Crippen LogP contribution in [-0.4, -0.2) is 25.8 Å². The SMILES string of the molecule is Cc1cccc(-c2noc([C@H](C)NC(=O)c3cc(C(C)(C)C)nn3C)n2)c1. The molecule has 0 fully saturated rings. The molecule has 0 aliphatic rings. The fourth-order valence-electron chi connectivity index (χ4n) is 2.69. The van der Waals surface area contributed by atoms with Gasteiger partial charge in [0.05, 0.1) is 5.69 Å². The lowest BCUT2D eigenvalue weighted by atomic mass is 9.92. The van der Waals surface area contributed by atoms with E-state index in [-0.39, 0.29) is 11.3 Å². The predicted molar refractivity (Wildman–Crippen MR) is 102 cm³/mol. The zero-order chi connectivity index (χ0) is 19.8. The minimum absolute atomic E-state index is 0.128. The standard InChI is InChI=1S/C20H25N5O2/c1-12-8-7-9-14(10-12)17-22-19(27-24-17)13(2)21-18(26)15-11-16(20(3,4)5)23-25(15)6/h7-11,13H,1-6H3,(H,21,26)/t13-/m0/s1. The van der Waals surface area contributed by atoms with Crippen molar-refractivity contribution in [1.29, 1.82) is 0 Å². The maximum absolute atomic E-state index is 12.6. The molecule has 7 heteroatoms. The second kappa shape index (κ2) is 6.98. The van der Waals surface area contributed by atoms with Crippen molar-refractivity contribution >= 4 is 5.91 Å². The summed E-state index contributed by atoms with van der Waals surface area (Å²) in [7, 11) is 1.76. The van der Waals surface area contributed by atoms with Gasteiger partial charge in [-0.1, -0.05) is 49.7 Å². The van der Waals surface area contributed by atoms with Gasteiger partial charge in [0.1, 0.15) is 11.7 Å². The van der Waals surface area contributed by atoms with E-state index < -0.39 is 6.04 Å². The third-order valence-corrected chi connectivity index (χ3v) is 4.32. The summed E-state index contributed by atoms with van der Waals surface area (Å²) in [4.78, 5) is 17.1. The molecule has 0 unspecified atom stereocenters. The average Bonchev–Trinajstić information content (AvgIpc) is 3.21. The maximum Gasteiger partial charge on any atom is 0.270 e. The molecule has 142 valence electrons. The molecule has 0 bridgehead atoms. The smallest absolute Gasteiger partial charge is 0.270 e. The number of carbonyl (C=O) groups is 1. The molecule has 1 N–H and O–H groups in total. The summed E-state index contributed by atoms with van der Waals surface area (Å²) >= 11 is 0. The van der Waals surface area contributed by atoms with E-state index in [1.165, 1.54) is 0 Å². The van der Waals surface area contributed by atoms with E-state index in [1.54, 1.807) is 11.7 Å². The number of aryl methyl sites for hydroxylation is 2. The summed E-state index contributed by atoms with van der Waals surface area (Å²) in [6.45, 7) is 10.0. The van der Waals surface area contributed by atoms with Crippen LogP contribution >= 0.6 is 0 Å². The van der Waals surface area contributed by atoms with E-state index in [4.69, 9.17) is 4.52 Å². The molecular weight excluding hydrogens is 342 g/mol. The molecule has 1 aromatic carbocycles. The molecule has 0 spiro atoms. The van der Waals surface area contributed by atoms with Crippen molar-refractivity contribution in [3.63, 3.8) is 0 Å². The second-order valence-corrected chi connectivity index (χ2v) is 7.81. The molecule has 0 aliphatic carbocycles. The lowest BCUT2D eigenvalue weighted by Crippen LogP contribution is -2.28. The highest BCUT2D eigenvalue weighted by atomic mass is 16.5. The Bertz CT molecular complexity index is 965. The van der Waals surface area contributed by atoms with Crippen molar-refractivity contribution < 1.29 is 9.32 Å². The number of benzene rings is 1. The zero-order valence-electron chi connectivity index (χ0n) is 16.6. The lowest BCUT2D eigenvalue weighted by Gasteiger charge is -2.13. The average molecular weight is 367 g/mol. The van der Waals surface area contributed by atoms with E-state index in [0.29, 0.717) is 17.4 Å². The number of hydrogen-bond donors (Lipinski definition) is 1. The van der Waals surface area contributed by atoms with E-state index in [1.807, 2.05) is 44.2 Å². The zero-order valence-corrected chi connectivity index (χ0v) is 16.6. The molecule has 3 rings (SSSR count). The van der Waals surface area contributed by atoms with Crippen LogP contribution in [0.25, 0.3) is 11.4 Å². The third kappa shape index (κ3) is 4.07. The van der Waals surface area contributed by atoms with Crippen molar-refractivity contribution in [3.05, 3.63) is 53.2 Å². The van der Waals surface area contributed by atoms with Crippen molar-refractivity contribution in [3.8, 4) is 11.4 Å². The lowest BCUT2D eigenvalue weighted by molar-refractivity contribution is 0.0923. The van der Waals surface area contributed by atoms with Crippen molar-refractivity contribution in [1.82, 2.24) is 25.2 Å². The fraction of sp³-hybridized carbons (Fsp3) is 0.400. The normalized spacial score (nSPS) is 12.8. The molecule has 2 aromatic heterocycles. The highest BCUT2D eigenvalue weighted by molar-refractivity contribution is 5.92. The summed E-state index contributed by atoms with van der Waals surface area (Å²) in [5.74, 6) is 0.631. The molecule has 2 heterocycles. The number of nitrogens with zero attached hydrogens (tertiary/aromatic N) is 4. The van der Waals surface area contributed by atoms with Gasteiger partial charge in [-0.2, -0.15) is 10.1 Å². The van der Waals surface area contributed by atoms with Gasteiger partial charge in [0.15, 0.2) is 0 Å². The molecule has 1 atom stereocenters. The van der Waals surface area contributed by atoms with Crippen molar-refractivity contribution in [2.75, 3.05) is 0 Å². The number of amides is 1. The first kappa shape index (κ1) is 18.8. The van der Waals surface area contributed by atoms with Crippen LogP contribution in [0.1, 0.15) is 61.4 Å². The quantitative estimate of drug-likeness (QED) is 0.762. The largest absolute Gasteiger partial charge is 0.339 e. The Labute approximate surface area is 158 Å². The van der Waals surface area contributed by atoms with Gasteiger partial charge >= 0.3 is 0 Å². The maximum atomic E-state index is 12.6. The van der Waals surface area contributed by atoms with Gasteiger partial charge in [0.25, 0.3) is 5.91 Å². The molecule has 0 aliphatic heterocycles. The Morgan fingerprint density at radius 3 is 2.63 bits per heavy atom. The third-order valence-electron chi connectivity index (χ3n) is 4.32. The monoisotopic (exact) mass is 367 g/mol. The van der Waals surface area contributed by atoms with Gasteiger partial charge in [-0.25, -0.2) is 0 Å².